The van der Waals surface area contributed by atoms with Crippen LogP contribution in [0.25, 0.3) is 0 Å². The van der Waals surface area contributed by atoms with E-state index in [0.717, 1.165) is 64.0 Å². The van der Waals surface area contributed by atoms with Gasteiger partial charge < -0.3 is 10.1 Å². The van der Waals surface area contributed by atoms with Gasteiger partial charge in [-0.1, -0.05) is 23.7 Å². The van der Waals surface area contributed by atoms with Crippen molar-refractivity contribution in [2.24, 2.45) is 5.92 Å². The second-order valence-corrected chi connectivity index (χ2v) is 7.86. The summed E-state index contributed by atoms with van der Waals surface area (Å²) in [5.41, 5.74) is 0.515. The van der Waals surface area contributed by atoms with Gasteiger partial charge in [-0.05, 0) is 75.5 Å². The average Bonchev–Trinajstić information content (AvgIpc) is 2.64. The van der Waals surface area contributed by atoms with Crippen molar-refractivity contribution in [1.82, 2.24) is 10.2 Å². The summed E-state index contributed by atoms with van der Waals surface area (Å²) in [6, 6.07) is 7.74. The predicted octanol–water partition coefficient (Wildman–Crippen LogP) is 2.60. The van der Waals surface area contributed by atoms with E-state index in [2.05, 4.69) is 10.2 Å². The maximum Gasteiger partial charge on any atom is 0.316 e. The van der Waals surface area contributed by atoms with Gasteiger partial charge in [0.2, 0.25) is 0 Å². The van der Waals surface area contributed by atoms with E-state index in [0.29, 0.717) is 10.9 Å². The fourth-order valence-electron chi connectivity index (χ4n) is 4.53. The molecule has 5 rings (SSSR count). The maximum atomic E-state index is 13.2. The lowest BCUT2D eigenvalue weighted by Gasteiger charge is -2.45. The number of nitrogens with one attached hydrogen (secondary N) is 1. The molecule has 0 radical (unpaired) electrons. The zero-order valence-corrected chi connectivity index (χ0v) is 14.7. The number of fused-ring (bicyclic) bond motifs is 3. The Hall–Kier alpha value is -1.10. The Morgan fingerprint density at radius 2 is 1.83 bits per heavy atom. The van der Waals surface area contributed by atoms with Crippen molar-refractivity contribution in [3.63, 3.8) is 0 Å². The highest BCUT2D eigenvalue weighted by Crippen LogP contribution is 2.38. The van der Waals surface area contributed by atoms with Crippen molar-refractivity contribution < 1.29 is 9.53 Å². The molecule has 1 aromatic carbocycles. The lowest BCUT2D eigenvalue weighted by molar-refractivity contribution is -0.167. The van der Waals surface area contributed by atoms with Crippen LogP contribution < -0.4 is 5.32 Å². The van der Waals surface area contributed by atoms with Crippen LogP contribution in [0.2, 0.25) is 5.02 Å². The second kappa shape index (κ2) is 6.66. The summed E-state index contributed by atoms with van der Waals surface area (Å²) < 4.78 is 6.11. The monoisotopic (exact) mass is 348 g/mol. The van der Waals surface area contributed by atoms with Crippen LogP contribution >= 0.6 is 11.6 Å². The lowest BCUT2D eigenvalue weighted by Crippen LogP contribution is -2.54. The Morgan fingerprint density at radius 1 is 1.17 bits per heavy atom. The summed E-state index contributed by atoms with van der Waals surface area (Å²) in [6.07, 6.45) is 3.96. The Labute approximate surface area is 148 Å². The minimum atomic E-state index is -0.526. The molecule has 130 valence electrons. The molecule has 0 aliphatic carbocycles. The number of halogens is 1. The average molecular weight is 349 g/mol. The van der Waals surface area contributed by atoms with E-state index < -0.39 is 5.41 Å². The fourth-order valence-corrected chi connectivity index (χ4v) is 4.65. The molecule has 1 aromatic rings. The number of benzene rings is 1. The van der Waals surface area contributed by atoms with Gasteiger partial charge in [0.15, 0.2) is 0 Å². The van der Waals surface area contributed by atoms with E-state index in [1.165, 1.54) is 0 Å². The highest BCUT2D eigenvalue weighted by molar-refractivity contribution is 6.30. The first-order valence-corrected chi connectivity index (χ1v) is 9.45. The molecule has 0 aromatic heterocycles. The van der Waals surface area contributed by atoms with Gasteiger partial charge in [0.05, 0.1) is 5.41 Å². The summed E-state index contributed by atoms with van der Waals surface area (Å²) in [6.45, 7) is 4.91. The van der Waals surface area contributed by atoms with Gasteiger partial charge in [-0.2, -0.15) is 0 Å². The van der Waals surface area contributed by atoms with Crippen molar-refractivity contribution in [2.45, 2.75) is 37.2 Å². The van der Waals surface area contributed by atoms with Crippen LogP contribution in [0.15, 0.2) is 24.3 Å². The number of ether oxygens (including phenoxy) is 1. The van der Waals surface area contributed by atoms with Gasteiger partial charge in [-0.3, -0.25) is 9.69 Å². The van der Waals surface area contributed by atoms with Crippen molar-refractivity contribution in [2.75, 3.05) is 32.7 Å². The van der Waals surface area contributed by atoms with E-state index in [4.69, 9.17) is 16.3 Å². The number of carbonyl (C=O) groups excluding carboxylic acids is 1. The van der Waals surface area contributed by atoms with Gasteiger partial charge in [0.1, 0.15) is 6.10 Å². The maximum absolute atomic E-state index is 13.2. The third kappa shape index (κ3) is 2.96. The Bertz CT molecular complexity index is 590. The van der Waals surface area contributed by atoms with Crippen LogP contribution in [-0.2, 0) is 14.9 Å². The number of hydrogen-bond acceptors (Lipinski definition) is 4. The SMILES string of the molecule is O=C(O[C@H]1CN2CCC1CC2)C1(c2ccc(Cl)cc2)CCNCC1. The first kappa shape index (κ1) is 16.4. The van der Waals surface area contributed by atoms with Gasteiger partial charge in [-0.15, -0.1) is 0 Å². The van der Waals surface area contributed by atoms with Gasteiger partial charge in [-0.25, -0.2) is 0 Å². The summed E-state index contributed by atoms with van der Waals surface area (Å²) in [5.74, 6) is 0.507. The molecule has 0 saturated carbocycles. The smallest absolute Gasteiger partial charge is 0.316 e. The highest BCUT2D eigenvalue weighted by Gasteiger charge is 2.45. The first-order valence-electron chi connectivity index (χ1n) is 9.08. The van der Waals surface area contributed by atoms with Crippen molar-refractivity contribution >= 4 is 17.6 Å². The molecule has 2 bridgehead atoms. The van der Waals surface area contributed by atoms with Crippen LogP contribution in [-0.4, -0.2) is 49.7 Å². The molecule has 0 spiro atoms. The number of rotatable bonds is 3. The number of esters is 1. The van der Waals surface area contributed by atoms with Crippen LogP contribution in [0.3, 0.4) is 0 Å². The molecule has 1 atom stereocenters. The standard InChI is InChI=1S/C19H25ClN2O2/c20-16-3-1-15(2-4-16)19(7-9-21-10-8-19)18(23)24-17-13-22-11-5-14(17)6-12-22/h1-4,14,17,21H,5-13H2/t17-/m0/s1. The molecular weight excluding hydrogens is 324 g/mol. The molecule has 4 nitrogen and oxygen atoms in total. The molecule has 5 heteroatoms. The van der Waals surface area contributed by atoms with Gasteiger partial charge >= 0.3 is 5.97 Å². The Kier molecular flexibility index (Phi) is 4.54. The molecule has 24 heavy (non-hydrogen) atoms. The summed E-state index contributed by atoms with van der Waals surface area (Å²) in [5, 5.41) is 4.07. The minimum absolute atomic E-state index is 0.0370. The van der Waals surface area contributed by atoms with Crippen LogP contribution in [0.4, 0.5) is 0 Å². The zero-order valence-electron chi connectivity index (χ0n) is 14.0. The van der Waals surface area contributed by atoms with Crippen molar-refractivity contribution in [3.05, 3.63) is 34.9 Å². The van der Waals surface area contributed by atoms with Crippen molar-refractivity contribution in [1.29, 1.82) is 0 Å². The normalized spacial score (nSPS) is 31.6. The fraction of sp³-hybridized carbons (Fsp3) is 0.632. The van der Waals surface area contributed by atoms with E-state index in [1.54, 1.807) is 0 Å². The van der Waals surface area contributed by atoms with Crippen LogP contribution in [0.1, 0.15) is 31.2 Å². The number of hydrogen-bond donors (Lipinski definition) is 1. The summed E-state index contributed by atoms with van der Waals surface area (Å²) in [7, 11) is 0. The quantitative estimate of drug-likeness (QED) is 0.852. The number of piperidine rings is 4. The van der Waals surface area contributed by atoms with E-state index in [1.807, 2.05) is 24.3 Å². The molecule has 4 aliphatic heterocycles. The third-order valence-electron chi connectivity index (χ3n) is 6.10. The number of nitrogens with zero attached hydrogens (tertiary/aromatic N) is 1. The lowest BCUT2D eigenvalue weighted by atomic mass is 9.73. The van der Waals surface area contributed by atoms with Gasteiger partial charge in [0, 0.05) is 11.6 Å². The topological polar surface area (TPSA) is 41.6 Å². The van der Waals surface area contributed by atoms with E-state index >= 15 is 0 Å². The zero-order chi connectivity index (χ0) is 16.6. The molecule has 4 fully saturated rings. The second-order valence-electron chi connectivity index (χ2n) is 7.42. The van der Waals surface area contributed by atoms with Crippen LogP contribution in [0.5, 0.6) is 0 Å². The molecule has 0 unspecified atom stereocenters. The Balaban J connectivity index is 1.56. The van der Waals surface area contributed by atoms with E-state index in [9.17, 15) is 4.79 Å². The predicted molar refractivity (Wildman–Crippen MR) is 94.3 cm³/mol. The molecule has 0 amide bonds. The molecule has 1 N–H and O–H groups in total. The largest absolute Gasteiger partial charge is 0.460 e. The minimum Gasteiger partial charge on any atom is -0.460 e. The first-order chi connectivity index (χ1) is 11.7. The Morgan fingerprint density at radius 3 is 2.42 bits per heavy atom. The summed E-state index contributed by atoms with van der Waals surface area (Å²) in [4.78, 5) is 15.7. The number of carbonyl (C=O) groups is 1. The van der Waals surface area contributed by atoms with Crippen molar-refractivity contribution in [3.8, 4) is 0 Å². The summed E-state index contributed by atoms with van der Waals surface area (Å²) >= 11 is 6.04. The van der Waals surface area contributed by atoms with Gasteiger partial charge in [0.25, 0.3) is 0 Å². The molecule has 4 heterocycles. The third-order valence-corrected chi connectivity index (χ3v) is 6.35. The van der Waals surface area contributed by atoms with E-state index in [-0.39, 0.29) is 12.1 Å². The molecule has 4 saturated heterocycles. The molecular formula is C19H25ClN2O2. The molecule has 4 aliphatic rings. The highest BCUT2D eigenvalue weighted by atomic mass is 35.5. The van der Waals surface area contributed by atoms with Crippen LogP contribution in [0, 0.1) is 5.92 Å².